The van der Waals surface area contributed by atoms with Crippen molar-refractivity contribution in [3.63, 3.8) is 0 Å². The van der Waals surface area contributed by atoms with Gasteiger partial charge in [-0.25, -0.2) is 9.98 Å². The van der Waals surface area contributed by atoms with Crippen LogP contribution in [0.1, 0.15) is 31.7 Å². The van der Waals surface area contributed by atoms with E-state index in [1.54, 1.807) is 6.20 Å². The van der Waals surface area contributed by atoms with Crippen LogP contribution in [-0.4, -0.2) is 43.3 Å². The number of aromatic nitrogens is 1. The number of nitrogens with zero attached hydrogens (tertiary/aromatic N) is 3. The standard InChI is InChI=1S/C16H24F3N5.HI/c1-2-20-15(22-8-6-16(17,18)19)23-12-13-5-7-21-14(11-13)24-9-3-4-10-24;/h5,7,11H,2-4,6,8-10,12H2,1H3,(H2,20,22,23);1H. The number of rotatable bonds is 6. The van der Waals surface area contributed by atoms with E-state index in [1.807, 2.05) is 19.1 Å². The molecule has 2 heterocycles. The molecule has 0 amide bonds. The zero-order chi connectivity index (χ0) is 17.4. The molecule has 0 aromatic carbocycles. The third kappa shape index (κ3) is 8.10. The van der Waals surface area contributed by atoms with E-state index in [2.05, 4.69) is 25.5 Å². The summed E-state index contributed by atoms with van der Waals surface area (Å²) in [5.41, 5.74) is 0.986. The second-order valence-corrected chi connectivity index (χ2v) is 5.70. The Hall–Kier alpha value is -1.26. The van der Waals surface area contributed by atoms with E-state index in [9.17, 15) is 13.2 Å². The summed E-state index contributed by atoms with van der Waals surface area (Å²) in [7, 11) is 0. The van der Waals surface area contributed by atoms with E-state index in [0.717, 1.165) is 24.5 Å². The Morgan fingerprint density at radius 2 is 2.00 bits per heavy atom. The summed E-state index contributed by atoms with van der Waals surface area (Å²) in [5.74, 6) is 1.33. The van der Waals surface area contributed by atoms with Gasteiger partial charge in [0.05, 0.1) is 13.0 Å². The Balaban J connectivity index is 0.00000312. The lowest BCUT2D eigenvalue weighted by Crippen LogP contribution is -2.38. The van der Waals surface area contributed by atoms with Gasteiger partial charge < -0.3 is 15.5 Å². The second kappa shape index (κ2) is 10.7. The van der Waals surface area contributed by atoms with Crippen molar-refractivity contribution >= 4 is 35.8 Å². The number of anilines is 1. The summed E-state index contributed by atoms with van der Waals surface area (Å²) < 4.78 is 36.7. The molecule has 0 spiro atoms. The van der Waals surface area contributed by atoms with Gasteiger partial charge in [0.1, 0.15) is 5.82 Å². The van der Waals surface area contributed by atoms with Gasteiger partial charge in [0.25, 0.3) is 0 Å². The Bertz CT molecular complexity index is 545. The monoisotopic (exact) mass is 471 g/mol. The quantitative estimate of drug-likeness (QED) is 0.380. The van der Waals surface area contributed by atoms with Gasteiger partial charge in [-0.05, 0) is 37.5 Å². The first-order valence-corrected chi connectivity index (χ1v) is 8.27. The summed E-state index contributed by atoms with van der Waals surface area (Å²) in [6.07, 6.45) is -0.941. The maximum atomic E-state index is 12.2. The highest BCUT2D eigenvalue weighted by atomic mass is 127. The van der Waals surface area contributed by atoms with Crippen LogP contribution in [-0.2, 0) is 6.54 Å². The van der Waals surface area contributed by atoms with E-state index in [1.165, 1.54) is 12.8 Å². The minimum absolute atomic E-state index is 0. The molecule has 1 aromatic rings. The highest BCUT2D eigenvalue weighted by Gasteiger charge is 2.26. The largest absolute Gasteiger partial charge is 0.390 e. The average Bonchev–Trinajstić information content (AvgIpc) is 3.06. The van der Waals surface area contributed by atoms with Crippen LogP contribution in [0.3, 0.4) is 0 Å². The molecule has 2 N–H and O–H groups in total. The molecule has 25 heavy (non-hydrogen) atoms. The molecule has 9 heteroatoms. The van der Waals surface area contributed by atoms with Gasteiger partial charge >= 0.3 is 6.18 Å². The van der Waals surface area contributed by atoms with E-state index in [-0.39, 0.29) is 30.5 Å². The molecule has 0 saturated carbocycles. The van der Waals surface area contributed by atoms with Crippen molar-refractivity contribution < 1.29 is 13.2 Å². The predicted octanol–water partition coefficient (Wildman–Crippen LogP) is 3.31. The Morgan fingerprint density at radius 3 is 2.64 bits per heavy atom. The van der Waals surface area contributed by atoms with Crippen molar-refractivity contribution in [2.45, 2.75) is 38.9 Å². The number of guanidine groups is 1. The Labute approximate surface area is 163 Å². The lowest BCUT2D eigenvalue weighted by Gasteiger charge is -2.16. The van der Waals surface area contributed by atoms with Crippen molar-refractivity contribution in [3.8, 4) is 0 Å². The zero-order valence-electron chi connectivity index (χ0n) is 14.3. The third-order valence-electron chi connectivity index (χ3n) is 3.70. The molecule has 1 saturated heterocycles. The van der Waals surface area contributed by atoms with Crippen LogP contribution in [0.5, 0.6) is 0 Å². The molecule has 2 rings (SSSR count). The van der Waals surface area contributed by atoms with Gasteiger partial charge in [0.2, 0.25) is 0 Å². The first-order chi connectivity index (χ1) is 11.5. The fraction of sp³-hybridized carbons (Fsp3) is 0.625. The molecule has 1 aliphatic heterocycles. The number of hydrogen-bond acceptors (Lipinski definition) is 3. The maximum absolute atomic E-state index is 12.2. The van der Waals surface area contributed by atoms with Crippen molar-refractivity contribution in [3.05, 3.63) is 23.9 Å². The molecule has 1 aromatic heterocycles. The van der Waals surface area contributed by atoms with Crippen molar-refractivity contribution in [1.82, 2.24) is 15.6 Å². The van der Waals surface area contributed by atoms with E-state index in [4.69, 9.17) is 0 Å². The van der Waals surface area contributed by atoms with E-state index >= 15 is 0 Å². The third-order valence-corrected chi connectivity index (χ3v) is 3.70. The van der Waals surface area contributed by atoms with Crippen LogP contribution in [0.25, 0.3) is 0 Å². The molecular formula is C16H25F3IN5. The summed E-state index contributed by atoms with van der Waals surface area (Å²) in [6, 6.07) is 3.87. The van der Waals surface area contributed by atoms with Crippen LogP contribution >= 0.6 is 24.0 Å². The molecule has 5 nitrogen and oxygen atoms in total. The summed E-state index contributed by atoms with van der Waals surface area (Å²) >= 11 is 0. The van der Waals surface area contributed by atoms with Gasteiger partial charge in [0.15, 0.2) is 5.96 Å². The first kappa shape index (κ1) is 21.8. The summed E-state index contributed by atoms with van der Waals surface area (Å²) in [4.78, 5) is 11.0. The Morgan fingerprint density at radius 1 is 1.28 bits per heavy atom. The molecule has 1 aliphatic rings. The van der Waals surface area contributed by atoms with Crippen molar-refractivity contribution in [2.24, 2.45) is 4.99 Å². The number of nitrogens with one attached hydrogen (secondary N) is 2. The van der Waals surface area contributed by atoms with Crippen molar-refractivity contribution in [1.29, 1.82) is 0 Å². The van der Waals surface area contributed by atoms with Gasteiger partial charge in [-0.3, -0.25) is 0 Å². The van der Waals surface area contributed by atoms with Gasteiger partial charge in [-0.2, -0.15) is 13.2 Å². The van der Waals surface area contributed by atoms with E-state index in [0.29, 0.717) is 19.0 Å². The fourth-order valence-electron chi connectivity index (χ4n) is 2.51. The zero-order valence-corrected chi connectivity index (χ0v) is 16.6. The lowest BCUT2D eigenvalue weighted by atomic mass is 10.2. The second-order valence-electron chi connectivity index (χ2n) is 5.70. The number of aliphatic imine (C=N–C) groups is 1. The minimum atomic E-state index is -4.17. The van der Waals surface area contributed by atoms with Crippen LogP contribution in [0, 0.1) is 0 Å². The molecule has 0 radical (unpaired) electrons. The molecular weight excluding hydrogens is 446 g/mol. The van der Waals surface area contributed by atoms with Crippen LogP contribution < -0.4 is 15.5 Å². The number of hydrogen-bond donors (Lipinski definition) is 2. The maximum Gasteiger partial charge on any atom is 0.390 e. The van der Waals surface area contributed by atoms with Crippen molar-refractivity contribution in [2.75, 3.05) is 31.1 Å². The van der Waals surface area contributed by atoms with Crippen LogP contribution in [0.4, 0.5) is 19.0 Å². The minimum Gasteiger partial charge on any atom is -0.357 e. The van der Waals surface area contributed by atoms with Crippen LogP contribution in [0.2, 0.25) is 0 Å². The molecule has 0 atom stereocenters. The Kier molecular flexibility index (Phi) is 9.30. The number of pyridine rings is 1. The lowest BCUT2D eigenvalue weighted by molar-refractivity contribution is -0.132. The molecule has 1 fully saturated rings. The first-order valence-electron chi connectivity index (χ1n) is 8.27. The molecule has 142 valence electrons. The number of alkyl halides is 3. The molecule has 0 aliphatic carbocycles. The summed E-state index contributed by atoms with van der Waals surface area (Å²) in [6.45, 7) is 4.70. The van der Waals surface area contributed by atoms with Gasteiger partial charge in [0, 0.05) is 32.4 Å². The molecule has 0 bridgehead atoms. The fourth-order valence-corrected chi connectivity index (χ4v) is 2.51. The smallest absolute Gasteiger partial charge is 0.357 e. The van der Waals surface area contributed by atoms with E-state index < -0.39 is 12.6 Å². The SMILES string of the molecule is CCNC(=NCc1ccnc(N2CCCC2)c1)NCCC(F)(F)F.I. The molecule has 0 unspecified atom stereocenters. The van der Waals surface area contributed by atoms with Gasteiger partial charge in [-0.15, -0.1) is 24.0 Å². The normalized spacial score (nSPS) is 15.0. The van der Waals surface area contributed by atoms with Gasteiger partial charge in [-0.1, -0.05) is 0 Å². The van der Waals surface area contributed by atoms with Crippen LogP contribution in [0.15, 0.2) is 23.3 Å². The number of halogens is 4. The highest BCUT2D eigenvalue weighted by molar-refractivity contribution is 14.0. The topological polar surface area (TPSA) is 52.6 Å². The highest BCUT2D eigenvalue weighted by Crippen LogP contribution is 2.19. The predicted molar refractivity (Wildman–Crippen MR) is 105 cm³/mol. The average molecular weight is 471 g/mol. The summed E-state index contributed by atoms with van der Waals surface area (Å²) in [5, 5.41) is 5.66.